The van der Waals surface area contributed by atoms with Gasteiger partial charge in [0.15, 0.2) is 5.11 Å². The van der Waals surface area contributed by atoms with Gasteiger partial charge in [-0.3, -0.25) is 0 Å². The zero-order valence-electron chi connectivity index (χ0n) is 6.63. The van der Waals surface area contributed by atoms with Crippen LogP contribution < -0.4 is 11.1 Å². The van der Waals surface area contributed by atoms with E-state index < -0.39 is 0 Å². The number of thiocarbonyl (C=S) groups is 1. The molecule has 11 heavy (non-hydrogen) atoms. The van der Waals surface area contributed by atoms with E-state index in [1.807, 2.05) is 0 Å². The largest absolute Gasteiger partial charge is 0.382 e. The first-order valence-corrected chi connectivity index (χ1v) is 3.78. The number of nitrogens with one attached hydrogen (secondary N) is 1. The van der Waals surface area contributed by atoms with Crippen molar-refractivity contribution in [2.24, 2.45) is 5.73 Å². The summed E-state index contributed by atoms with van der Waals surface area (Å²) < 4.78 is 9.90. The van der Waals surface area contributed by atoms with E-state index in [-0.39, 0.29) is 0 Å². The van der Waals surface area contributed by atoms with Crippen molar-refractivity contribution in [1.29, 1.82) is 0 Å². The second-order valence-corrected chi connectivity index (χ2v) is 2.34. The molecule has 0 aromatic carbocycles. The molecule has 3 N–H and O–H groups in total. The smallest absolute Gasteiger partial charge is 0.163 e. The van der Waals surface area contributed by atoms with Crippen molar-refractivity contribution < 1.29 is 9.47 Å². The Morgan fingerprint density at radius 3 is 2.73 bits per heavy atom. The van der Waals surface area contributed by atoms with Crippen LogP contribution in [-0.4, -0.2) is 38.6 Å². The minimum absolute atomic E-state index is 0.306. The minimum Gasteiger partial charge on any atom is -0.382 e. The van der Waals surface area contributed by atoms with Crippen LogP contribution in [0.3, 0.4) is 0 Å². The summed E-state index contributed by atoms with van der Waals surface area (Å²) in [5.74, 6) is 0. The van der Waals surface area contributed by atoms with Crippen molar-refractivity contribution in [2.75, 3.05) is 33.5 Å². The van der Waals surface area contributed by atoms with Crippen molar-refractivity contribution in [1.82, 2.24) is 5.32 Å². The molecule has 0 unspecified atom stereocenters. The Morgan fingerprint density at radius 1 is 1.45 bits per heavy atom. The van der Waals surface area contributed by atoms with Gasteiger partial charge in [-0.15, -0.1) is 0 Å². The fourth-order valence-corrected chi connectivity index (χ4v) is 0.593. The third kappa shape index (κ3) is 9.61. The summed E-state index contributed by atoms with van der Waals surface area (Å²) in [6, 6.07) is 0. The molecular weight excluding hydrogens is 164 g/mol. The number of ether oxygens (including phenoxy) is 2. The molecule has 5 heteroatoms. The van der Waals surface area contributed by atoms with E-state index in [2.05, 4.69) is 17.5 Å². The predicted molar refractivity (Wildman–Crippen MR) is 47.5 cm³/mol. The molecule has 0 rings (SSSR count). The third-order valence-corrected chi connectivity index (χ3v) is 1.12. The summed E-state index contributed by atoms with van der Waals surface area (Å²) in [5.41, 5.74) is 5.17. The molecule has 0 aliphatic carbocycles. The molecule has 0 atom stereocenters. The lowest BCUT2D eigenvalue weighted by Gasteiger charge is -2.04. The maximum Gasteiger partial charge on any atom is 0.163 e. The molecular formula is C6H14N2O2S. The van der Waals surface area contributed by atoms with Crippen molar-refractivity contribution in [3.8, 4) is 0 Å². The van der Waals surface area contributed by atoms with E-state index in [4.69, 9.17) is 15.2 Å². The van der Waals surface area contributed by atoms with Crippen LogP contribution in [0.5, 0.6) is 0 Å². The first-order chi connectivity index (χ1) is 5.27. The van der Waals surface area contributed by atoms with Crippen LogP contribution in [0.1, 0.15) is 0 Å². The van der Waals surface area contributed by atoms with Gasteiger partial charge in [-0.2, -0.15) is 0 Å². The fraction of sp³-hybridized carbons (Fsp3) is 0.833. The minimum atomic E-state index is 0.306. The quantitative estimate of drug-likeness (QED) is 0.423. The molecule has 4 nitrogen and oxygen atoms in total. The monoisotopic (exact) mass is 178 g/mol. The van der Waals surface area contributed by atoms with Crippen molar-refractivity contribution in [3.63, 3.8) is 0 Å². The molecule has 0 radical (unpaired) electrons. The Bertz CT molecular complexity index is 111. The topological polar surface area (TPSA) is 56.5 Å². The standard InChI is InChI=1S/C6H14N2O2S/c1-9-4-5-10-3-2-8-6(7)11/h2-5H2,1H3,(H3,7,8,11). The summed E-state index contributed by atoms with van der Waals surface area (Å²) in [6.45, 7) is 2.47. The molecule has 0 aromatic heterocycles. The Balaban J connectivity index is 2.85. The molecule has 0 aliphatic heterocycles. The average Bonchev–Trinajstić information content (AvgIpc) is 1.96. The van der Waals surface area contributed by atoms with E-state index in [1.54, 1.807) is 7.11 Å². The van der Waals surface area contributed by atoms with Gasteiger partial charge in [-0.25, -0.2) is 0 Å². The highest BCUT2D eigenvalue weighted by atomic mass is 32.1. The number of hydrogen-bond acceptors (Lipinski definition) is 3. The lowest BCUT2D eigenvalue weighted by Crippen LogP contribution is -2.32. The second-order valence-electron chi connectivity index (χ2n) is 1.90. The number of hydrogen-bond donors (Lipinski definition) is 2. The summed E-state index contributed by atoms with van der Waals surface area (Å²) >= 11 is 4.58. The van der Waals surface area contributed by atoms with Gasteiger partial charge in [-0.1, -0.05) is 0 Å². The van der Waals surface area contributed by atoms with Gasteiger partial charge in [0.25, 0.3) is 0 Å². The molecule has 0 fully saturated rings. The summed E-state index contributed by atoms with van der Waals surface area (Å²) in [6.07, 6.45) is 0. The Hall–Kier alpha value is -0.390. The molecule has 0 aliphatic rings. The van der Waals surface area contributed by atoms with Gasteiger partial charge in [0.2, 0.25) is 0 Å². The molecule has 0 spiro atoms. The van der Waals surface area contributed by atoms with Crippen LogP contribution in [0.25, 0.3) is 0 Å². The Morgan fingerprint density at radius 2 is 2.18 bits per heavy atom. The van der Waals surface area contributed by atoms with Gasteiger partial charge in [0.1, 0.15) is 0 Å². The van der Waals surface area contributed by atoms with Gasteiger partial charge >= 0.3 is 0 Å². The van der Waals surface area contributed by atoms with Crippen LogP contribution in [-0.2, 0) is 9.47 Å². The maximum absolute atomic E-state index is 5.17. The van der Waals surface area contributed by atoms with E-state index in [1.165, 1.54) is 0 Å². The molecule has 0 heterocycles. The second kappa shape index (κ2) is 7.71. The highest BCUT2D eigenvalue weighted by molar-refractivity contribution is 7.80. The lowest BCUT2D eigenvalue weighted by atomic mass is 10.6. The van der Waals surface area contributed by atoms with Crippen molar-refractivity contribution in [3.05, 3.63) is 0 Å². The van der Waals surface area contributed by atoms with Gasteiger partial charge in [0.05, 0.1) is 19.8 Å². The van der Waals surface area contributed by atoms with Crippen LogP contribution in [0.2, 0.25) is 0 Å². The van der Waals surface area contributed by atoms with E-state index in [0.717, 1.165) is 0 Å². The molecule has 0 aromatic rings. The van der Waals surface area contributed by atoms with Crippen LogP contribution in [0.4, 0.5) is 0 Å². The summed E-state index contributed by atoms with van der Waals surface area (Å²) in [7, 11) is 1.64. The maximum atomic E-state index is 5.17. The Kier molecular flexibility index (Phi) is 7.44. The molecule has 66 valence electrons. The molecule has 0 amide bonds. The average molecular weight is 178 g/mol. The van der Waals surface area contributed by atoms with Crippen LogP contribution in [0.15, 0.2) is 0 Å². The highest BCUT2D eigenvalue weighted by Gasteiger charge is 1.88. The Labute approximate surface area is 72.0 Å². The van der Waals surface area contributed by atoms with Gasteiger partial charge in [-0.05, 0) is 12.2 Å². The summed E-state index contributed by atoms with van der Waals surface area (Å²) in [4.78, 5) is 0. The van der Waals surface area contributed by atoms with Crippen molar-refractivity contribution >= 4 is 17.3 Å². The SMILES string of the molecule is COCCOCCNC(N)=S. The van der Waals surface area contributed by atoms with Crippen LogP contribution in [0, 0.1) is 0 Å². The first kappa shape index (κ1) is 10.6. The highest BCUT2D eigenvalue weighted by Crippen LogP contribution is 1.74. The third-order valence-electron chi connectivity index (χ3n) is 0.977. The normalized spacial score (nSPS) is 9.55. The van der Waals surface area contributed by atoms with Crippen LogP contribution >= 0.6 is 12.2 Å². The van der Waals surface area contributed by atoms with E-state index >= 15 is 0 Å². The first-order valence-electron chi connectivity index (χ1n) is 3.37. The summed E-state index contributed by atoms with van der Waals surface area (Å²) in [5, 5.41) is 3.07. The predicted octanol–water partition coefficient (Wildman–Crippen LogP) is -0.517. The number of methoxy groups -OCH3 is 1. The molecule has 0 bridgehead atoms. The van der Waals surface area contributed by atoms with E-state index in [0.29, 0.717) is 31.5 Å². The lowest BCUT2D eigenvalue weighted by molar-refractivity contribution is 0.0734. The fourth-order valence-electron chi connectivity index (χ4n) is 0.491. The number of nitrogens with two attached hydrogens (primary N) is 1. The van der Waals surface area contributed by atoms with Gasteiger partial charge in [0, 0.05) is 13.7 Å². The number of rotatable bonds is 6. The zero-order chi connectivity index (χ0) is 8.53. The van der Waals surface area contributed by atoms with E-state index in [9.17, 15) is 0 Å². The van der Waals surface area contributed by atoms with Gasteiger partial charge < -0.3 is 20.5 Å². The molecule has 0 saturated heterocycles. The molecule has 0 saturated carbocycles. The van der Waals surface area contributed by atoms with Crippen molar-refractivity contribution in [2.45, 2.75) is 0 Å². The zero-order valence-corrected chi connectivity index (χ0v) is 7.45.